The van der Waals surface area contributed by atoms with Crippen LogP contribution in [0.3, 0.4) is 0 Å². The summed E-state index contributed by atoms with van der Waals surface area (Å²) >= 11 is 0. The van der Waals surface area contributed by atoms with Gasteiger partial charge in [0.2, 0.25) is 5.89 Å². The molecule has 1 aromatic heterocycles. The van der Waals surface area contributed by atoms with Gasteiger partial charge in [0.25, 0.3) is 0 Å². The molecule has 3 rings (SSSR count). The maximum atomic E-state index is 12.1. The SMILES string of the molecule is CC(C)(C)c1noc(CCCC(=O)Oc2ccc(-c3ccc(C#N)cc3)cc2)n1. The van der Waals surface area contributed by atoms with E-state index in [9.17, 15) is 4.79 Å². The first-order valence-corrected chi connectivity index (χ1v) is 9.49. The smallest absolute Gasteiger partial charge is 0.311 e. The van der Waals surface area contributed by atoms with E-state index in [0.717, 1.165) is 11.1 Å². The van der Waals surface area contributed by atoms with Crippen molar-refractivity contribution in [3.05, 3.63) is 65.8 Å². The molecule has 3 aromatic rings. The van der Waals surface area contributed by atoms with Crippen LogP contribution in [0.2, 0.25) is 0 Å². The van der Waals surface area contributed by atoms with Crippen molar-refractivity contribution >= 4 is 5.97 Å². The van der Waals surface area contributed by atoms with Crippen LogP contribution in [0.15, 0.2) is 53.1 Å². The number of nitriles is 1. The zero-order valence-corrected chi connectivity index (χ0v) is 16.8. The van der Waals surface area contributed by atoms with Gasteiger partial charge in [0.05, 0.1) is 11.6 Å². The second-order valence-corrected chi connectivity index (χ2v) is 7.80. The lowest BCUT2D eigenvalue weighted by atomic mass is 9.96. The van der Waals surface area contributed by atoms with Gasteiger partial charge in [-0.25, -0.2) is 0 Å². The number of rotatable bonds is 6. The van der Waals surface area contributed by atoms with Gasteiger partial charge in [-0.05, 0) is 41.8 Å². The minimum atomic E-state index is -0.299. The lowest BCUT2D eigenvalue weighted by Crippen LogP contribution is -2.13. The maximum Gasteiger partial charge on any atom is 0.311 e. The van der Waals surface area contributed by atoms with Crippen LogP contribution in [0.4, 0.5) is 0 Å². The van der Waals surface area contributed by atoms with Crippen LogP contribution in [0.1, 0.15) is 50.9 Å². The number of aromatic nitrogens is 2. The summed E-state index contributed by atoms with van der Waals surface area (Å²) in [4.78, 5) is 16.4. The van der Waals surface area contributed by atoms with Gasteiger partial charge < -0.3 is 9.26 Å². The average Bonchev–Trinajstić information content (AvgIpc) is 3.18. The van der Waals surface area contributed by atoms with Crippen molar-refractivity contribution in [2.45, 2.75) is 45.4 Å². The van der Waals surface area contributed by atoms with E-state index in [2.05, 4.69) is 16.2 Å². The molecule has 0 amide bonds. The maximum absolute atomic E-state index is 12.1. The number of nitrogens with zero attached hydrogens (tertiary/aromatic N) is 3. The van der Waals surface area contributed by atoms with E-state index in [0.29, 0.717) is 35.9 Å². The fraction of sp³-hybridized carbons (Fsp3) is 0.304. The highest BCUT2D eigenvalue weighted by Crippen LogP contribution is 2.23. The van der Waals surface area contributed by atoms with Crippen molar-refractivity contribution in [1.29, 1.82) is 5.26 Å². The van der Waals surface area contributed by atoms with Gasteiger partial charge in [-0.1, -0.05) is 50.2 Å². The van der Waals surface area contributed by atoms with Gasteiger partial charge in [-0.15, -0.1) is 0 Å². The van der Waals surface area contributed by atoms with E-state index in [-0.39, 0.29) is 17.8 Å². The summed E-state index contributed by atoms with van der Waals surface area (Å²) in [5.41, 5.74) is 2.44. The van der Waals surface area contributed by atoms with Crippen molar-refractivity contribution in [2.24, 2.45) is 0 Å². The molecule has 0 unspecified atom stereocenters. The fourth-order valence-corrected chi connectivity index (χ4v) is 2.68. The predicted molar refractivity (Wildman–Crippen MR) is 108 cm³/mol. The van der Waals surface area contributed by atoms with Crippen molar-refractivity contribution in [3.8, 4) is 22.9 Å². The molecule has 0 bridgehead atoms. The van der Waals surface area contributed by atoms with Crippen LogP contribution >= 0.6 is 0 Å². The Morgan fingerprint density at radius 3 is 2.24 bits per heavy atom. The third-order valence-electron chi connectivity index (χ3n) is 4.34. The summed E-state index contributed by atoms with van der Waals surface area (Å²) in [5.74, 6) is 1.40. The van der Waals surface area contributed by atoms with Gasteiger partial charge in [0.15, 0.2) is 5.82 Å². The zero-order chi connectivity index (χ0) is 20.9. The second kappa shape index (κ2) is 8.70. The van der Waals surface area contributed by atoms with Crippen LogP contribution in [0.5, 0.6) is 5.75 Å². The molecule has 0 spiro atoms. The second-order valence-electron chi connectivity index (χ2n) is 7.80. The molecule has 148 valence electrons. The lowest BCUT2D eigenvalue weighted by molar-refractivity contribution is -0.134. The number of ether oxygens (including phenoxy) is 1. The van der Waals surface area contributed by atoms with Crippen LogP contribution in [-0.4, -0.2) is 16.1 Å². The molecule has 0 aliphatic heterocycles. The summed E-state index contributed by atoms with van der Waals surface area (Å²) in [6, 6.07) is 16.7. The third-order valence-corrected chi connectivity index (χ3v) is 4.34. The molecule has 0 saturated carbocycles. The molecule has 6 heteroatoms. The molecule has 0 atom stereocenters. The number of aryl methyl sites for hydroxylation is 1. The average molecular weight is 389 g/mol. The van der Waals surface area contributed by atoms with Crippen molar-refractivity contribution in [1.82, 2.24) is 10.1 Å². The third kappa shape index (κ3) is 5.52. The largest absolute Gasteiger partial charge is 0.427 e. The van der Waals surface area contributed by atoms with E-state index in [1.54, 1.807) is 24.3 Å². The summed E-state index contributed by atoms with van der Waals surface area (Å²) in [5, 5.41) is 12.8. The molecule has 0 fully saturated rings. The first-order chi connectivity index (χ1) is 13.8. The Kier molecular flexibility index (Phi) is 6.08. The monoisotopic (exact) mass is 389 g/mol. The highest BCUT2D eigenvalue weighted by atomic mass is 16.5. The number of carbonyl (C=O) groups excluding carboxylic acids is 1. The summed E-state index contributed by atoms with van der Waals surface area (Å²) in [6.45, 7) is 6.06. The van der Waals surface area contributed by atoms with Crippen molar-refractivity contribution < 1.29 is 14.1 Å². The fourth-order valence-electron chi connectivity index (χ4n) is 2.68. The van der Waals surface area contributed by atoms with Gasteiger partial charge >= 0.3 is 5.97 Å². The lowest BCUT2D eigenvalue weighted by Gasteiger charge is -2.10. The molecular weight excluding hydrogens is 366 g/mol. The quantitative estimate of drug-likeness (QED) is 0.443. The molecule has 0 saturated heterocycles. The van der Waals surface area contributed by atoms with Crippen LogP contribution in [0, 0.1) is 11.3 Å². The number of benzene rings is 2. The van der Waals surface area contributed by atoms with E-state index >= 15 is 0 Å². The summed E-state index contributed by atoms with van der Waals surface area (Å²) in [7, 11) is 0. The minimum absolute atomic E-state index is 0.162. The molecule has 29 heavy (non-hydrogen) atoms. The highest BCUT2D eigenvalue weighted by molar-refractivity contribution is 5.73. The molecule has 6 nitrogen and oxygen atoms in total. The minimum Gasteiger partial charge on any atom is -0.427 e. The van der Waals surface area contributed by atoms with E-state index in [1.165, 1.54) is 0 Å². The van der Waals surface area contributed by atoms with E-state index < -0.39 is 0 Å². The first-order valence-electron chi connectivity index (χ1n) is 9.49. The van der Waals surface area contributed by atoms with Crippen LogP contribution in [-0.2, 0) is 16.6 Å². The Morgan fingerprint density at radius 2 is 1.69 bits per heavy atom. The molecule has 0 radical (unpaired) electrons. The Balaban J connectivity index is 1.49. The molecule has 0 aliphatic rings. The Labute approximate surface area is 170 Å². The molecular formula is C23H23N3O3. The molecule has 0 N–H and O–H groups in total. The van der Waals surface area contributed by atoms with Gasteiger partial charge in [0, 0.05) is 18.3 Å². The summed E-state index contributed by atoms with van der Waals surface area (Å²) < 4.78 is 10.6. The zero-order valence-electron chi connectivity index (χ0n) is 16.8. The van der Waals surface area contributed by atoms with Crippen LogP contribution in [0.25, 0.3) is 11.1 Å². The first kappa shape index (κ1) is 20.3. The number of esters is 1. The Hall–Kier alpha value is -3.46. The van der Waals surface area contributed by atoms with Gasteiger partial charge in [0.1, 0.15) is 5.75 Å². The number of carbonyl (C=O) groups is 1. The van der Waals surface area contributed by atoms with Crippen molar-refractivity contribution in [3.63, 3.8) is 0 Å². The normalized spacial score (nSPS) is 11.1. The number of hydrogen-bond acceptors (Lipinski definition) is 6. The van der Waals surface area contributed by atoms with E-state index in [4.69, 9.17) is 14.5 Å². The predicted octanol–water partition coefficient (Wildman–Crippen LogP) is 4.83. The molecule has 1 heterocycles. The van der Waals surface area contributed by atoms with Gasteiger partial charge in [-0.3, -0.25) is 4.79 Å². The van der Waals surface area contributed by atoms with Gasteiger partial charge in [-0.2, -0.15) is 10.2 Å². The Bertz CT molecular complexity index is 1010. The van der Waals surface area contributed by atoms with Crippen LogP contribution < -0.4 is 4.74 Å². The van der Waals surface area contributed by atoms with E-state index in [1.807, 2.05) is 45.0 Å². The molecule has 2 aromatic carbocycles. The van der Waals surface area contributed by atoms with Crippen molar-refractivity contribution in [2.75, 3.05) is 0 Å². The topological polar surface area (TPSA) is 89.0 Å². The standard InChI is InChI=1S/C23H23N3O3/c1-23(2,3)22-25-20(29-26-22)5-4-6-21(27)28-19-13-11-18(12-14-19)17-9-7-16(15-24)8-10-17/h7-14H,4-6H2,1-3H3. The highest BCUT2D eigenvalue weighted by Gasteiger charge is 2.20. The number of hydrogen-bond donors (Lipinski definition) is 0. The Morgan fingerprint density at radius 1 is 1.07 bits per heavy atom. The molecule has 0 aliphatic carbocycles. The summed E-state index contributed by atoms with van der Waals surface area (Å²) in [6.07, 6.45) is 1.38.